The summed E-state index contributed by atoms with van der Waals surface area (Å²) >= 11 is 9.74. The van der Waals surface area contributed by atoms with Crippen molar-refractivity contribution in [1.82, 2.24) is 28.7 Å². The fourth-order valence-electron chi connectivity index (χ4n) is 2.91. The van der Waals surface area contributed by atoms with Crippen LogP contribution in [0.3, 0.4) is 0 Å². The van der Waals surface area contributed by atoms with E-state index in [0.717, 1.165) is 27.5 Å². The third kappa shape index (κ3) is 9.31. The number of hydrogen-bond donors (Lipinski definition) is 3. The fourth-order valence-corrected chi connectivity index (χ4v) is 4.82. The number of nitrogens with two attached hydrogens (primary N) is 1. The number of nitrogens with one attached hydrogen (secondary N) is 2. The van der Waals surface area contributed by atoms with Gasteiger partial charge in [-0.15, -0.1) is 0 Å². The molecule has 4 N–H and O–H groups in total. The summed E-state index contributed by atoms with van der Waals surface area (Å²) in [5.41, 5.74) is 8.03. The summed E-state index contributed by atoms with van der Waals surface area (Å²) in [6.07, 6.45) is 8.85. The molecule has 0 saturated heterocycles. The van der Waals surface area contributed by atoms with Crippen LogP contribution in [-0.4, -0.2) is 28.7 Å². The van der Waals surface area contributed by atoms with Crippen LogP contribution in [0.25, 0.3) is 0 Å². The molecule has 0 radical (unpaired) electrons. The predicted octanol–water partition coefficient (Wildman–Crippen LogP) is 5.29. The number of imidazole rings is 2. The van der Waals surface area contributed by atoms with Crippen molar-refractivity contribution in [2.24, 2.45) is 21.1 Å². The number of anilines is 3. The van der Waals surface area contributed by atoms with E-state index in [1.807, 2.05) is 18.5 Å². The highest BCUT2D eigenvalue weighted by molar-refractivity contribution is 9.11. The van der Waals surface area contributed by atoms with Crippen molar-refractivity contribution >= 4 is 65.4 Å². The number of aromatic nitrogens is 6. The van der Waals surface area contributed by atoms with E-state index in [-0.39, 0.29) is 18.5 Å². The summed E-state index contributed by atoms with van der Waals surface area (Å²) in [5, 5.41) is 2.98. The van der Waals surface area contributed by atoms with E-state index < -0.39 is 0 Å². The lowest BCUT2D eigenvalue weighted by Crippen LogP contribution is -2.19. The number of nitrogen functional groups attached to an aromatic ring is 1. The maximum atomic E-state index is 11.8. The van der Waals surface area contributed by atoms with Gasteiger partial charge in [0.1, 0.15) is 5.69 Å². The lowest BCUT2D eigenvalue weighted by Gasteiger charge is -2.05. The van der Waals surface area contributed by atoms with Gasteiger partial charge < -0.3 is 29.7 Å². The summed E-state index contributed by atoms with van der Waals surface area (Å²) in [4.78, 5) is 34.0. The second kappa shape index (κ2) is 14.9. The molecule has 4 aromatic heterocycles. The zero-order chi connectivity index (χ0) is 27.0. The van der Waals surface area contributed by atoms with Gasteiger partial charge in [-0.2, -0.15) is 0 Å². The third-order valence-electron chi connectivity index (χ3n) is 5.00. The molecule has 0 aromatic carbocycles. The first-order valence-corrected chi connectivity index (χ1v) is 13.3. The Morgan fingerprint density at radius 1 is 0.919 bits per heavy atom. The molecule has 0 unspecified atom stereocenters. The van der Waals surface area contributed by atoms with Gasteiger partial charge in [0.15, 0.2) is 5.95 Å². The van der Waals surface area contributed by atoms with Crippen molar-refractivity contribution in [3.8, 4) is 0 Å². The average Bonchev–Trinajstić information content (AvgIpc) is 3.42. The van der Waals surface area contributed by atoms with E-state index in [9.17, 15) is 9.59 Å². The van der Waals surface area contributed by atoms with Crippen LogP contribution < -0.4 is 22.2 Å². The number of aromatic amines is 1. The Hall–Kier alpha value is -2.64. The minimum Gasteiger partial charge on any atom is -0.369 e. The Bertz CT molecular complexity index is 1400. The minimum absolute atomic E-state index is 0. The number of hydrogen-bond acceptors (Lipinski definition) is 6. The molecular weight excluding hydrogens is 672 g/mol. The first-order valence-electron chi connectivity index (χ1n) is 10.9. The van der Waals surface area contributed by atoms with E-state index in [0.29, 0.717) is 22.1 Å². The summed E-state index contributed by atoms with van der Waals surface area (Å²) in [6, 6.07) is 3.46. The first-order chi connectivity index (χ1) is 17.0. The summed E-state index contributed by atoms with van der Waals surface area (Å²) < 4.78 is 7.21. The Morgan fingerprint density at radius 3 is 1.97 bits per heavy atom. The maximum absolute atomic E-state index is 11.8. The average molecular weight is 705 g/mol. The molecule has 4 heterocycles. The lowest BCUT2D eigenvalue weighted by atomic mass is 10.4. The Morgan fingerprint density at radius 2 is 1.51 bits per heavy atom. The minimum atomic E-state index is -0.0948. The van der Waals surface area contributed by atoms with E-state index >= 15 is 0 Å². The predicted molar refractivity (Wildman–Crippen MR) is 161 cm³/mol. The Kier molecular flexibility index (Phi) is 13.1. The van der Waals surface area contributed by atoms with E-state index in [1.54, 1.807) is 51.0 Å². The quantitative estimate of drug-likeness (QED) is 0.265. The number of H-pyrrole nitrogens is 1. The zero-order valence-corrected chi connectivity index (χ0v) is 25.4. The highest BCUT2D eigenvalue weighted by atomic mass is 79.9. The van der Waals surface area contributed by atoms with Gasteiger partial charge in [-0.05, 0) is 72.8 Å². The van der Waals surface area contributed by atoms with Gasteiger partial charge in [0.05, 0.1) is 16.9 Å². The molecule has 0 amide bonds. The number of nitrogens with zero attached hydrogens (tertiary/aromatic N) is 5. The van der Waals surface area contributed by atoms with Gasteiger partial charge in [0.2, 0.25) is 5.95 Å². The number of halogens is 3. The zero-order valence-electron chi connectivity index (χ0n) is 20.6. The molecule has 0 fully saturated rings. The van der Waals surface area contributed by atoms with Gasteiger partial charge in [-0.1, -0.05) is 21.3 Å². The molecule has 0 atom stereocenters. The normalized spacial score (nSPS) is 9.95. The van der Waals surface area contributed by atoms with Crippen LogP contribution in [0, 0.1) is 0 Å². The molecule has 0 saturated carbocycles. The molecule has 0 aliphatic heterocycles. The smallest absolute Gasteiger partial charge is 0.274 e. The molecule has 10 nitrogen and oxygen atoms in total. The van der Waals surface area contributed by atoms with Crippen molar-refractivity contribution < 1.29 is 0 Å². The number of aryl methyl sites for hydroxylation is 4. The van der Waals surface area contributed by atoms with Crippen LogP contribution >= 0.6 is 47.8 Å². The second-order valence-corrected chi connectivity index (χ2v) is 10.4. The monoisotopic (exact) mass is 702 g/mol. The van der Waals surface area contributed by atoms with Crippen LogP contribution in [0.2, 0.25) is 0 Å². The SMILES string of the molecule is C.CCc1cnc(N)n1C.CCc1cnc(Nc2cc(Br)cn(C)c2=O)[nH]1.Cn1cc(Br)cc(Br)c1=O. The van der Waals surface area contributed by atoms with Crippen LogP contribution in [-0.2, 0) is 34.0 Å². The highest BCUT2D eigenvalue weighted by Crippen LogP contribution is 2.15. The Balaban J connectivity index is 0.000000294. The van der Waals surface area contributed by atoms with Gasteiger partial charge in [0.25, 0.3) is 11.1 Å². The van der Waals surface area contributed by atoms with Crippen LogP contribution in [0.5, 0.6) is 0 Å². The molecular formula is C24H33Br3N8O2. The van der Waals surface area contributed by atoms with E-state index in [4.69, 9.17) is 5.73 Å². The molecule has 202 valence electrons. The lowest BCUT2D eigenvalue weighted by molar-refractivity contribution is 0.845. The van der Waals surface area contributed by atoms with E-state index in [2.05, 4.69) is 75.0 Å². The van der Waals surface area contributed by atoms with Crippen molar-refractivity contribution in [2.75, 3.05) is 11.1 Å². The maximum Gasteiger partial charge on any atom is 0.274 e. The molecule has 0 aliphatic carbocycles. The Labute approximate surface area is 241 Å². The molecule has 13 heteroatoms. The van der Waals surface area contributed by atoms with Gasteiger partial charge in [-0.3, -0.25) is 9.59 Å². The summed E-state index contributed by atoms with van der Waals surface area (Å²) in [7, 11) is 5.33. The van der Waals surface area contributed by atoms with Crippen molar-refractivity contribution in [2.45, 2.75) is 34.1 Å². The van der Waals surface area contributed by atoms with Crippen LogP contribution in [0.1, 0.15) is 32.7 Å². The molecule has 37 heavy (non-hydrogen) atoms. The van der Waals surface area contributed by atoms with Crippen LogP contribution in [0.15, 0.2) is 59.9 Å². The van der Waals surface area contributed by atoms with Gasteiger partial charge in [-0.25, -0.2) is 9.97 Å². The van der Waals surface area contributed by atoms with Gasteiger partial charge in [0, 0.05) is 53.9 Å². The van der Waals surface area contributed by atoms with Crippen molar-refractivity contribution in [3.63, 3.8) is 0 Å². The molecule has 4 rings (SSSR count). The summed E-state index contributed by atoms with van der Waals surface area (Å²) in [5.74, 6) is 1.17. The molecule has 0 spiro atoms. The highest BCUT2D eigenvalue weighted by Gasteiger charge is 2.06. The second-order valence-electron chi connectivity index (χ2n) is 7.67. The largest absolute Gasteiger partial charge is 0.369 e. The van der Waals surface area contributed by atoms with Gasteiger partial charge >= 0.3 is 0 Å². The fraction of sp³-hybridized carbons (Fsp3) is 0.333. The van der Waals surface area contributed by atoms with E-state index in [1.165, 1.54) is 14.8 Å². The standard InChI is InChI=1S/C11H13BrN4O.C6H5Br2NO.C6H11N3.CH4/c1-3-8-5-13-11(14-8)15-9-4-7(12)6-16(2)10(9)17;1-9-3-4(7)2-5(8)6(9)10;1-3-5-4-8-6(7)9(5)2;/h4-6H,3H2,1-2H3,(H2,13,14,15);2-3H,1H3;4H,3H2,1-2H3,(H2,7,8);1H4. The molecule has 0 bridgehead atoms. The van der Waals surface area contributed by atoms with Crippen molar-refractivity contribution in [1.29, 1.82) is 0 Å². The topological polar surface area (TPSA) is 129 Å². The van der Waals surface area contributed by atoms with Crippen LogP contribution in [0.4, 0.5) is 17.6 Å². The number of rotatable bonds is 4. The van der Waals surface area contributed by atoms with Crippen molar-refractivity contribution in [3.05, 3.63) is 82.4 Å². The third-order valence-corrected chi connectivity index (χ3v) is 6.44. The molecule has 0 aliphatic rings. The first kappa shape index (κ1) is 32.4. The number of pyridine rings is 2. The molecule has 4 aromatic rings. The summed E-state index contributed by atoms with van der Waals surface area (Å²) in [6.45, 7) is 4.12.